The van der Waals surface area contributed by atoms with E-state index in [4.69, 9.17) is 4.74 Å². The molecule has 0 saturated heterocycles. The Morgan fingerprint density at radius 1 is 1.28 bits per heavy atom. The van der Waals surface area contributed by atoms with Crippen LogP contribution in [0.4, 0.5) is 0 Å². The van der Waals surface area contributed by atoms with Crippen LogP contribution >= 0.6 is 15.9 Å². The lowest BCUT2D eigenvalue weighted by molar-refractivity contribution is 0.0688. The van der Waals surface area contributed by atoms with Crippen LogP contribution in [0.5, 0.6) is 5.75 Å². The van der Waals surface area contributed by atoms with Crippen molar-refractivity contribution in [3.8, 4) is 5.75 Å². The highest BCUT2D eigenvalue weighted by atomic mass is 79.9. The van der Waals surface area contributed by atoms with E-state index in [2.05, 4.69) is 20.5 Å². The summed E-state index contributed by atoms with van der Waals surface area (Å²) in [4.78, 5) is 14.6. The summed E-state index contributed by atoms with van der Waals surface area (Å²) in [6, 6.07) is 0.492. The second-order valence-electron chi connectivity index (χ2n) is 5.27. The van der Waals surface area contributed by atoms with E-state index in [0.29, 0.717) is 6.04 Å². The first-order chi connectivity index (χ1) is 8.77. The molecule has 4 nitrogen and oxygen atoms in total. The van der Waals surface area contributed by atoms with E-state index in [1.807, 2.05) is 4.90 Å². The van der Waals surface area contributed by atoms with Gasteiger partial charge in [-0.15, -0.1) is 0 Å². The topological polar surface area (TPSA) is 34.5 Å². The summed E-state index contributed by atoms with van der Waals surface area (Å²) in [6.45, 7) is 2.52. The number of halogens is 1. The van der Waals surface area contributed by atoms with Crippen LogP contribution < -0.4 is 4.74 Å². The van der Waals surface area contributed by atoms with E-state index in [1.54, 1.807) is 0 Å². The Morgan fingerprint density at radius 2 is 2.11 bits per heavy atom. The first-order valence-electron chi connectivity index (χ1n) is 6.62. The van der Waals surface area contributed by atoms with Crippen molar-refractivity contribution < 1.29 is 9.53 Å². The molecule has 0 N–H and O–H groups in total. The molecular weight excluding hydrogens is 296 g/mol. The second-order valence-corrected chi connectivity index (χ2v) is 6.06. The molecule has 1 fully saturated rings. The lowest BCUT2D eigenvalue weighted by Crippen LogP contribution is -2.42. The van der Waals surface area contributed by atoms with Gasteiger partial charge in [-0.25, -0.2) is 0 Å². The fourth-order valence-corrected chi connectivity index (χ4v) is 3.78. The van der Waals surface area contributed by atoms with Gasteiger partial charge in [0, 0.05) is 19.1 Å². The predicted octanol–water partition coefficient (Wildman–Crippen LogP) is 2.19. The van der Waals surface area contributed by atoms with Gasteiger partial charge in [0.15, 0.2) is 5.75 Å². The normalized spacial score (nSPS) is 22.5. The van der Waals surface area contributed by atoms with Crippen molar-refractivity contribution in [1.29, 1.82) is 0 Å². The Morgan fingerprint density at radius 3 is 2.89 bits per heavy atom. The van der Waals surface area contributed by atoms with Crippen LogP contribution in [0.3, 0.4) is 0 Å². The molecule has 0 atom stereocenters. The fraction of sp³-hybridized carbons (Fsp3) is 0.615. The molecule has 2 aliphatic heterocycles. The van der Waals surface area contributed by atoms with Gasteiger partial charge in [0.1, 0.15) is 5.69 Å². The molecule has 3 aliphatic rings. The minimum absolute atomic E-state index is 0.175. The highest BCUT2D eigenvalue weighted by Gasteiger charge is 2.40. The van der Waals surface area contributed by atoms with Gasteiger partial charge in [0.25, 0.3) is 5.91 Å². The molecule has 0 radical (unpaired) electrons. The van der Waals surface area contributed by atoms with Crippen molar-refractivity contribution in [3.63, 3.8) is 0 Å². The molecule has 0 unspecified atom stereocenters. The summed E-state index contributed by atoms with van der Waals surface area (Å²) in [6.07, 6.45) is 4.40. The monoisotopic (exact) mass is 310 g/mol. The zero-order chi connectivity index (χ0) is 12.3. The number of hydrogen-bond acceptors (Lipinski definition) is 2. The summed E-state index contributed by atoms with van der Waals surface area (Å²) in [7, 11) is 0. The molecule has 18 heavy (non-hydrogen) atoms. The van der Waals surface area contributed by atoms with Crippen LogP contribution in [-0.2, 0) is 13.0 Å². The number of amides is 1. The Bertz CT molecular complexity index is 534. The number of ether oxygens (including phenoxy) is 1. The Labute approximate surface area is 114 Å². The molecule has 1 aromatic rings. The van der Waals surface area contributed by atoms with Gasteiger partial charge in [-0.3, -0.25) is 4.79 Å². The van der Waals surface area contributed by atoms with Crippen molar-refractivity contribution in [2.24, 2.45) is 0 Å². The molecular formula is C13H15BrN2O2. The van der Waals surface area contributed by atoms with Gasteiger partial charge >= 0.3 is 0 Å². The molecule has 0 aromatic carbocycles. The van der Waals surface area contributed by atoms with Gasteiger partial charge in [-0.1, -0.05) is 0 Å². The van der Waals surface area contributed by atoms with Gasteiger partial charge in [-0.2, -0.15) is 0 Å². The third kappa shape index (κ3) is 1.40. The second kappa shape index (κ2) is 3.76. The molecule has 0 spiro atoms. The van der Waals surface area contributed by atoms with Crippen LogP contribution in [0.15, 0.2) is 4.47 Å². The highest BCUT2D eigenvalue weighted by Crippen LogP contribution is 2.42. The number of nitrogens with zero attached hydrogens (tertiary/aromatic N) is 2. The summed E-state index contributed by atoms with van der Waals surface area (Å²) in [5.74, 6) is 1.08. The van der Waals surface area contributed by atoms with Crippen molar-refractivity contribution in [3.05, 3.63) is 15.9 Å². The van der Waals surface area contributed by atoms with Crippen LogP contribution in [0, 0.1) is 0 Å². The third-order valence-electron chi connectivity index (χ3n) is 4.09. The van der Waals surface area contributed by atoms with Gasteiger partial charge < -0.3 is 14.2 Å². The standard InChI is InChI=1S/C13H15BrN2O2/c14-10-11-13(17)15(8-3-4-8)5-6-16(11)9-2-1-7-18-12(9)10/h8H,1-7H2. The SMILES string of the molecule is O=C1c2c(Br)c3c(n2CCN1C1CC1)CCCO3. The van der Waals surface area contributed by atoms with Crippen molar-refractivity contribution in [2.45, 2.75) is 38.3 Å². The Balaban J connectivity index is 1.82. The highest BCUT2D eigenvalue weighted by molar-refractivity contribution is 9.10. The molecule has 1 saturated carbocycles. The third-order valence-corrected chi connectivity index (χ3v) is 4.82. The summed E-state index contributed by atoms with van der Waals surface area (Å²) < 4.78 is 8.76. The first kappa shape index (κ1) is 10.9. The van der Waals surface area contributed by atoms with E-state index >= 15 is 0 Å². The maximum Gasteiger partial charge on any atom is 0.272 e. The first-order valence-corrected chi connectivity index (χ1v) is 7.41. The number of rotatable bonds is 1. The minimum atomic E-state index is 0.175. The zero-order valence-corrected chi connectivity index (χ0v) is 11.7. The van der Waals surface area contributed by atoms with Crippen molar-refractivity contribution in [1.82, 2.24) is 9.47 Å². The molecule has 0 bridgehead atoms. The van der Waals surface area contributed by atoms with Crippen LogP contribution in [0.1, 0.15) is 35.4 Å². The van der Waals surface area contributed by atoms with Crippen molar-refractivity contribution >= 4 is 21.8 Å². The Hall–Kier alpha value is -0.970. The van der Waals surface area contributed by atoms with E-state index in [-0.39, 0.29) is 5.91 Å². The van der Waals surface area contributed by atoms with Crippen LogP contribution in [0.25, 0.3) is 0 Å². The van der Waals surface area contributed by atoms with Crippen LogP contribution in [-0.4, -0.2) is 34.6 Å². The number of carbonyl (C=O) groups is 1. The van der Waals surface area contributed by atoms with E-state index in [0.717, 1.165) is 48.5 Å². The number of aromatic nitrogens is 1. The molecule has 1 amide bonds. The maximum atomic E-state index is 12.6. The maximum absolute atomic E-state index is 12.6. The summed E-state index contributed by atoms with van der Waals surface area (Å²) in [5, 5.41) is 0. The van der Waals surface area contributed by atoms with Crippen molar-refractivity contribution in [2.75, 3.05) is 13.2 Å². The number of carbonyl (C=O) groups excluding carboxylic acids is 1. The lowest BCUT2D eigenvalue weighted by atomic mass is 10.2. The van der Waals surface area contributed by atoms with Gasteiger partial charge in [0.05, 0.1) is 16.8 Å². The number of fused-ring (bicyclic) bond motifs is 3. The largest absolute Gasteiger partial charge is 0.490 e. The van der Waals surface area contributed by atoms with Gasteiger partial charge in [0.2, 0.25) is 0 Å². The fourth-order valence-electron chi connectivity index (χ4n) is 3.06. The molecule has 3 heterocycles. The van der Waals surface area contributed by atoms with E-state index < -0.39 is 0 Å². The summed E-state index contributed by atoms with van der Waals surface area (Å²) >= 11 is 3.57. The van der Waals surface area contributed by atoms with Crippen LogP contribution in [0.2, 0.25) is 0 Å². The summed E-state index contributed by atoms with van der Waals surface area (Å²) in [5.41, 5.74) is 2.01. The minimum Gasteiger partial charge on any atom is -0.490 e. The zero-order valence-electron chi connectivity index (χ0n) is 10.1. The molecule has 5 heteroatoms. The quantitative estimate of drug-likeness (QED) is 0.797. The molecule has 1 aromatic heterocycles. The smallest absolute Gasteiger partial charge is 0.272 e. The molecule has 1 aliphatic carbocycles. The predicted molar refractivity (Wildman–Crippen MR) is 70.0 cm³/mol. The van der Waals surface area contributed by atoms with E-state index in [1.165, 1.54) is 18.5 Å². The van der Waals surface area contributed by atoms with E-state index in [9.17, 15) is 4.79 Å². The molecule has 4 rings (SSSR count). The average molecular weight is 311 g/mol. The van der Waals surface area contributed by atoms with Gasteiger partial charge in [-0.05, 0) is 41.6 Å². The lowest BCUT2D eigenvalue weighted by Gasteiger charge is -2.29. The average Bonchev–Trinajstić information content (AvgIpc) is 3.18. The molecule has 96 valence electrons. The number of hydrogen-bond donors (Lipinski definition) is 0. The Kier molecular flexibility index (Phi) is 2.28.